The normalized spacial score (nSPS) is 11.0. The van der Waals surface area contributed by atoms with Crippen molar-refractivity contribution in [3.8, 4) is 5.75 Å². The Bertz CT molecular complexity index is 763. The molecule has 0 N–H and O–H groups in total. The number of methoxy groups -OCH3 is 1. The molecule has 0 atom stereocenters. The summed E-state index contributed by atoms with van der Waals surface area (Å²) >= 11 is 0. The van der Waals surface area contributed by atoms with Gasteiger partial charge in [-0.2, -0.15) is 0 Å². The van der Waals surface area contributed by atoms with E-state index in [9.17, 15) is 0 Å². The highest BCUT2D eigenvalue weighted by Gasteiger charge is 2.09. The predicted octanol–water partition coefficient (Wildman–Crippen LogP) is 3.96. The van der Waals surface area contributed by atoms with Crippen LogP contribution in [0.15, 0.2) is 48.5 Å². The monoisotopic (exact) mass is 310 g/mol. The molecule has 0 fully saturated rings. The highest BCUT2D eigenvalue weighted by atomic mass is 16.5. The number of hydrogen-bond donors (Lipinski definition) is 0. The fourth-order valence-corrected chi connectivity index (χ4v) is 2.66. The molecule has 0 aliphatic heterocycles. The van der Waals surface area contributed by atoms with Crippen molar-refractivity contribution in [2.75, 3.05) is 13.7 Å². The van der Waals surface area contributed by atoms with Gasteiger partial charge in [0.05, 0.1) is 17.6 Å². The number of rotatable bonds is 7. The number of ether oxygens (including phenoxy) is 2. The number of fused-ring (bicyclic) bond motifs is 1. The quantitative estimate of drug-likeness (QED) is 0.620. The Hall–Kier alpha value is -2.33. The van der Waals surface area contributed by atoms with Gasteiger partial charge in [0.1, 0.15) is 18.2 Å². The minimum absolute atomic E-state index is 0.521. The fourth-order valence-electron chi connectivity index (χ4n) is 2.66. The van der Waals surface area contributed by atoms with Gasteiger partial charge in [-0.15, -0.1) is 0 Å². The van der Waals surface area contributed by atoms with Crippen molar-refractivity contribution in [1.29, 1.82) is 0 Å². The first-order valence-electron chi connectivity index (χ1n) is 7.90. The number of aromatic nitrogens is 2. The van der Waals surface area contributed by atoms with Crippen molar-refractivity contribution in [3.05, 3.63) is 59.9 Å². The topological polar surface area (TPSA) is 36.3 Å². The van der Waals surface area contributed by atoms with E-state index in [-0.39, 0.29) is 0 Å². The van der Waals surface area contributed by atoms with Crippen molar-refractivity contribution in [3.63, 3.8) is 0 Å². The summed E-state index contributed by atoms with van der Waals surface area (Å²) < 4.78 is 13.3. The molecule has 3 aromatic rings. The highest BCUT2D eigenvalue weighted by Crippen LogP contribution is 2.17. The van der Waals surface area contributed by atoms with Crippen molar-refractivity contribution >= 4 is 11.0 Å². The van der Waals surface area contributed by atoms with Crippen molar-refractivity contribution in [1.82, 2.24) is 9.55 Å². The van der Waals surface area contributed by atoms with Gasteiger partial charge in [0.25, 0.3) is 0 Å². The number of benzene rings is 2. The molecule has 0 unspecified atom stereocenters. The van der Waals surface area contributed by atoms with Gasteiger partial charge in [-0.1, -0.05) is 29.8 Å². The van der Waals surface area contributed by atoms with Crippen LogP contribution in [0, 0.1) is 6.92 Å². The third-order valence-corrected chi connectivity index (χ3v) is 3.82. The maximum Gasteiger partial charge on any atom is 0.135 e. The fraction of sp³-hybridized carbons (Fsp3) is 0.316. The molecule has 0 saturated heterocycles. The zero-order valence-electron chi connectivity index (χ0n) is 13.7. The van der Waals surface area contributed by atoms with Crippen LogP contribution in [0.2, 0.25) is 0 Å². The Morgan fingerprint density at radius 2 is 1.83 bits per heavy atom. The lowest BCUT2D eigenvalue weighted by Crippen LogP contribution is -2.08. The summed E-state index contributed by atoms with van der Waals surface area (Å²) in [5.41, 5.74) is 3.40. The lowest BCUT2D eigenvalue weighted by atomic mass is 10.2. The third-order valence-electron chi connectivity index (χ3n) is 3.82. The van der Waals surface area contributed by atoms with E-state index in [2.05, 4.69) is 34.7 Å². The minimum Gasteiger partial charge on any atom is -0.494 e. The number of imidazole rings is 1. The number of hydrogen-bond acceptors (Lipinski definition) is 3. The molecule has 23 heavy (non-hydrogen) atoms. The summed E-state index contributed by atoms with van der Waals surface area (Å²) in [6, 6.07) is 16.3. The van der Waals surface area contributed by atoms with Gasteiger partial charge in [-0.25, -0.2) is 4.98 Å². The number of aryl methyl sites for hydroxylation is 2. The Morgan fingerprint density at radius 3 is 2.61 bits per heavy atom. The van der Waals surface area contributed by atoms with Crippen LogP contribution in [0.25, 0.3) is 11.0 Å². The first-order chi connectivity index (χ1) is 11.3. The molecule has 0 aliphatic carbocycles. The van der Waals surface area contributed by atoms with Gasteiger partial charge in [0.2, 0.25) is 0 Å². The van der Waals surface area contributed by atoms with E-state index in [0.29, 0.717) is 13.2 Å². The molecule has 3 rings (SSSR count). The van der Waals surface area contributed by atoms with E-state index in [0.717, 1.165) is 35.6 Å². The van der Waals surface area contributed by atoms with Crippen LogP contribution in [0.5, 0.6) is 5.75 Å². The van der Waals surface area contributed by atoms with E-state index < -0.39 is 0 Å². The van der Waals surface area contributed by atoms with E-state index in [1.807, 2.05) is 30.3 Å². The molecule has 0 spiro atoms. The van der Waals surface area contributed by atoms with Gasteiger partial charge < -0.3 is 14.0 Å². The smallest absolute Gasteiger partial charge is 0.135 e. The SMILES string of the molecule is COCc1nc2ccccc2n1CCCOc1ccc(C)cc1. The van der Waals surface area contributed by atoms with Gasteiger partial charge in [-0.3, -0.25) is 0 Å². The van der Waals surface area contributed by atoms with Gasteiger partial charge in [0, 0.05) is 13.7 Å². The van der Waals surface area contributed by atoms with Gasteiger partial charge >= 0.3 is 0 Å². The molecule has 1 aromatic heterocycles. The molecule has 0 saturated carbocycles. The standard InChI is InChI=1S/C19H22N2O2/c1-15-8-10-16(11-9-15)23-13-5-12-21-18-7-4-3-6-17(18)20-19(21)14-22-2/h3-4,6-11H,5,12-14H2,1-2H3. The molecule has 2 aromatic carbocycles. The molecule has 1 heterocycles. The van der Waals surface area contributed by atoms with Crippen LogP contribution in [-0.4, -0.2) is 23.3 Å². The molecular weight excluding hydrogens is 288 g/mol. The van der Waals surface area contributed by atoms with Crippen LogP contribution < -0.4 is 4.74 Å². The Morgan fingerprint density at radius 1 is 1.04 bits per heavy atom. The van der Waals surface area contributed by atoms with Crippen LogP contribution in [0.1, 0.15) is 17.8 Å². The van der Waals surface area contributed by atoms with Gasteiger partial charge in [-0.05, 0) is 37.6 Å². The second kappa shape index (κ2) is 7.29. The maximum atomic E-state index is 5.81. The van der Waals surface area contributed by atoms with E-state index in [1.54, 1.807) is 7.11 Å². The molecule has 4 nitrogen and oxygen atoms in total. The van der Waals surface area contributed by atoms with Crippen molar-refractivity contribution in [2.45, 2.75) is 26.5 Å². The van der Waals surface area contributed by atoms with Crippen LogP contribution in [0.3, 0.4) is 0 Å². The van der Waals surface area contributed by atoms with E-state index >= 15 is 0 Å². The summed E-state index contributed by atoms with van der Waals surface area (Å²) in [7, 11) is 1.70. The Balaban J connectivity index is 1.64. The maximum absolute atomic E-state index is 5.81. The van der Waals surface area contributed by atoms with Gasteiger partial charge in [0.15, 0.2) is 0 Å². The largest absolute Gasteiger partial charge is 0.494 e. The molecule has 0 radical (unpaired) electrons. The van der Waals surface area contributed by atoms with E-state index in [4.69, 9.17) is 9.47 Å². The average molecular weight is 310 g/mol. The Labute approximate surface area is 136 Å². The lowest BCUT2D eigenvalue weighted by molar-refractivity contribution is 0.174. The summed E-state index contributed by atoms with van der Waals surface area (Å²) in [5, 5.41) is 0. The second-order valence-electron chi connectivity index (χ2n) is 5.62. The number of nitrogens with zero attached hydrogens (tertiary/aromatic N) is 2. The molecule has 4 heteroatoms. The summed E-state index contributed by atoms with van der Waals surface area (Å²) in [6.45, 7) is 4.14. The van der Waals surface area contributed by atoms with E-state index in [1.165, 1.54) is 5.56 Å². The van der Waals surface area contributed by atoms with Crippen LogP contribution in [0.4, 0.5) is 0 Å². The first kappa shape index (κ1) is 15.6. The van der Waals surface area contributed by atoms with Crippen molar-refractivity contribution in [2.24, 2.45) is 0 Å². The summed E-state index contributed by atoms with van der Waals surface area (Å²) in [5.74, 6) is 1.88. The molecule has 120 valence electrons. The predicted molar refractivity (Wildman–Crippen MR) is 91.7 cm³/mol. The molecular formula is C19H22N2O2. The Kier molecular flexibility index (Phi) is 4.93. The third kappa shape index (κ3) is 3.71. The van der Waals surface area contributed by atoms with Crippen molar-refractivity contribution < 1.29 is 9.47 Å². The molecule has 0 bridgehead atoms. The average Bonchev–Trinajstić information content (AvgIpc) is 2.91. The van der Waals surface area contributed by atoms with Crippen LogP contribution in [-0.2, 0) is 17.9 Å². The summed E-state index contributed by atoms with van der Waals surface area (Å²) in [4.78, 5) is 4.65. The number of para-hydroxylation sites is 2. The van der Waals surface area contributed by atoms with Crippen LogP contribution >= 0.6 is 0 Å². The molecule has 0 aliphatic rings. The highest BCUT2D eigenvalue weighted by molar-refractivity contribution is 5.75. The zero-order valence-corrected chi connectivity index (χ0v) is 13.7. The summed E-state index contributed by atoms with van der Waals surface area (Å²) in [6.07, 6.45) is 0.922. The first-order valence-corrected chi connectivity index (χ1v) is 7.90. The zero-order chi connectivity index (χ0) is 16.1. The lowest BCUT2D eigenvalue weighted by Gasteiger charge is -2.10. The molecule has 0 amide bonds. The second-order valence-corrected chi connectivity index (χ2v) is 5.62. The minimum atomic E-state index is 0.521.